The van der Waals surface area contributed by atoms with Gasteiger partial charge in [0.1, 0.15) is 0 Å². The molecule has 1 aliphatic rings. The summed E-state index contributed by atoms with van der Waals surface area (Å²) >= 11 is 0. The van der Waals surface area contributed by atoms with E-state index in [1.807, 2.05) is 25.1 Å². The number of nitrogens with zero attached hydrogens (tertiary/aromatic N) is 1. The number of carbonyl (C=O) groups is 1. The van der Waals surface area contributed by atoms with Gasteiger partial charge in [0.2, 0.25) is 5.91 Å². The summed E-state index contributed by atoms with van der Waals surface area (Å²) in [4.78, 5) is 14.8. The van der Waals surface area contributed by atoms with Crippen molar-refractivity contribution in [2.45, 2.75) is 39.7 Å². The smallest absolute Gasteiger partial charge is 0.241 e. The molecule has 0 aliphatic carbocycles. The maximum atomic E-state index is 12.5. The van der Waals surface area contributed by atoms with Gasteiger partial charge < -0.3 is 11.1 Å². The topological polar surface area (TPSA) is 58.4 Å². The molecular formula is C16H25N3O. The number of nitrogens with one attached hydrogen (secondary N) is 1. The van der Waals surface area contributed by atoms with Crippen molar-refractivity contribution in [1.29, 1.82) is 0 Å². The molecule has 0 aromatic heterocycles. The Labute approximate surface area is 121 Å². The molecule has 1 fully saturated rings. The number of benzene rings is 1. The number of hydrogen-bond donors (Lipinski definition) is 2. The number of nitrogens with two attached hydrogens (primary N) is 1. The van der Waals surface area contributed by atoms with Crippen LogP contribution in [0.25, 0.3) is 0 Å². The van der Waals surface area contributed by atoms with Crippen LogP contribution < -0.4 is 11.1 Å². The van der Waals surface area contributed by atoms with Gasteiger partial charge in [-0.3, -0.25) is 9.69 Å². The predicted octanol–water partition coefficient (Wildman–Crippen LogP) is 2.64. The molecule has 4 heteroatoms. The minimum absolute atomic E-state index is 0.0555. The predicted molar refractivity (Wildman–Crippen MR) is 83.7 cm³/mol. The minimum Gasteiger partial charge on any atom is -0.398 e. The van der Waals surface area contributed by atoms with Crippen LogP contribution in [-0.4, -0.2) is 29.9 Å². The largest absolute Gasteiger partial charge is 0.398 e. The van der Waals surface area contributed by atoms with Crippen LogP contribution >= 0.6 is 0 Å². The average Bonchev–Trinajstić information content (AvgIpc) is 2.87. The monoisotopic (exact) mass is 275 g/mol. The number of rotatable bonds is 4. The molecule has 3 N–H and O–H groups in total. The van der Waals surface area contributed by atoms with Gasteiger partial charge in [-0.2, -0.15) is 0 Å². The number of anilines is 2. The van der Waals surface area contributed by atoms with Gasteiger partial charge in [-0.15, -0.1) is 0 Å². The lowest BCUT2D eigenvalue weighted by Crippen LogP contribution is -2.46. The van der Waals surface area contributed by atoms with Crippen LogP contribution in [0, 0.1) is 12.8 Å². The van der Waals surface area contributed by atoms with Crippen molar-refractivity contribution in [3.63, 3.8) is 0 Å². The first-order valence-electron chi connectivity index (χ1n) is 7.40. The van der Waals surface area contributed by atoms with E-state index in [0.717, 1.165) is 24.3 Å². The highest BCUT2D eigenvalue weighted by Crippen LogP contribution is 2.21. The van der Waals surface area contributed by atoms with E-state index in [2.05, 4.69) is 24.1 Å². The normalized spacial score (nSPS) is 17.4. The summed E-state index contributed by atoms with van der Waals surface area (Å²) < 4.78 is 0. The summed E-state index contributed by atoms with van der Waals surface area (Å²) in [6, 6.07) is 5.62. The zero-order valence-corrected chi connectivity index (χ0v) is 12.6. The van der Waals surface area contributed by atoms with Crippen LogP contribution in [0.3, 0.4) is 0 Å². The molecule has 1 saturated heterocycles. The summed E-state index contributed by atoms with van der Waals surface area (Å²) in [5.74, 6) is 0.376. The highest BCUT2D eigenvalue weighted by atomic mass is 16.2. The molecule has 1 unspecified atom stereocenters. The second-order valence-corrected chi connectivity index (χ2v) is 5.99. The van der Waals surface area contributed by atoms with E-state index in [1.54, 1.807) is 0 Å². The number of amides is 1. The Morgan fingerprint density at radius 2 is 1.95 bits per heavy atom. The Balaban J connectivity index is 2.09. The maximum absolute atomic E-state index is 12.5. The molecule has 1 amide bonds. The second-order valence-electron chi connectivity index (χ2n) is 5.99. The summed E-state index contributed by atoms with van der Waals surface area (Å²) in [5, 5.41) is 3.01. The van der Waals surface area contributed by atoms with Gasteiger partial charge in [-0.1, -0.05) is 19.9 Å². The third-order valence-corrected chi connectivity index (χ3v) is 3.98. The summed E-state index contributed by atoms with van der Waals surface area (Å²) in [6.07, 6.45) is 2.38. The van der Waals surface area contributed by atoms with Gasteiger partial charge in [-0.25, -0.2) is 0 Å². The Morgan fingerprint density at radius 3 is 2.50 bits per heavy atom. The third-order valence-electron chi connectivity index (χ3n) is 3.98. The van der Waals surface area contributed by atoms with Crippen molar-refractivity contribution < 1.29 is 4.79 Å². The van der Waals surface area contributed by atoms with E-state index in [1.165, 1.54) is 12.8 Å². The molecule has 1 aromatic rings. The van der Waals surface area contributed by atoms with E-state index < -0.39 is 0 Å². The van der Waals surface area contributed by atoms with Crippen molar-refractivity contribution in [2.75, 3.05) is 24.1 Å². The van der Waals surface area contributed by atoms with Gasteiger partial charge in [0.05, 0.1) is 6.04 Å². The van der Waals surface area contributed by atoms with Gasteiger partial charge in [0, 0.05) is 11.4 Å². The summed E-state index contributed by atoms with van der Waals surface area (Å²) in [7, 11) is 0. The standard InChI is InChI=1S/C16H25N3O/c1-11(2)15(19-8-4-5-9-19)16(20)18-13-7-6-12(3)14(17)10-13/h6-7,10-11,15H,4-5,8-9,17H2,1-3H3,(H,18,20). The lowest BCUT2D eigenvalue weighted by Gasteiger charge is -2.29. The van der Waals surface area contributed by atoms with Gasteiger partial charge in [0.15, 0.2) is 0 Å². The zero-order valence-electron chi connectivity index (χ0n) is 12.6. The number of aryl methyl sites for hydroxylation is 1. The van der Waals surface area contributed by atoms with Crippen molar-refractivity contribution in [2.24, 2.45) is 5.92 Å². The first-order chi connectivity index (χ1) is 9.49. The molecule has 110 valence electrons. The number of nitrogen functional groups attached to an aromatic ring is 1. The third kappa shape index (κ3) is 3.31. The molecule has 1 heterocycles. The molecule has 20 heavy (non-hydrogen) atoms. The summed E-state index contributed by atoms with van der Waals surface area (Å²) in [6.45, 7) is 8.21. The second kappa shape index (κ2) is 6.27. The van der Waals surface area contributed by atoms with E-state index in [4.69, 9.17) is 5.73 Å². The fourth-order valence-corrected chi connectivity index (χ4v) is 2.84. The summed E-state index contributed by atoms with van der Waals surface area (Å²) in [5.41, 5.74) is 8.42. The van der Waals surface area contributed by atoms with E-state index in [0.29, 0.717) is 11.6 Å². The molecule has 4 nitrogen and oxygen atoms in total. The molecule has 0 bridgehead atoms. The Morgan fingerprint density at radius 1 is 1.30 bits per heavy atom. The van der Waals surface area contributed by atoms with Crippen LogP contribution in [0.2, 0.25) is 0 Å². The fourth-order valence-electron chi connectivity index (χ4n) is 2.84. The Hall–Kier alpha value is -1.55. The van der Waals surface area contributed by atoms with E-state index >= 15 is 0 Å². The number of likely N-dealkylation sites (tertiary alicyclic amines) is 1. The quantitative estimate of drug-likeness (QED) is 0.831. The van der Waals surface area contributed by atoms with Crippen LogP contribution in [0.4, 0.5) is 11.4 Å². The zero-order chi connectivity index (χ0) is 14.7. The van der Waals surface area contributed by atoms with Gasteiger partial charge in [-0.05, 0) is 56.5 Å². The Bertz CT molecular complexity index is 479. The molecule has 0 spiro atoms. The SMILES string of the molecule is Cc1ccc(NC(=O)C(C(C)C)N2CCCC2)cc1N. The van der Waals surface area contributed by atoms with Crippen molar-refractivity contribution >= 4 is 17.3 Å². The lowest BCUT2D eigenvalue weighted by molar-refractivity contribution is -0.122. The van der Waals surface area contributed by atoms with Crippen LogP contribution in [0.15, 0.2) is 18.2 Å². The number of carbonyl (C=O) groups excluding carboxylic acids is 1. The highest BCUT2D eigenvalue weighted by Gasteiger charge is 2.30. The lowest BCUT2D eigenvalue weighted by atomic mass is 10.0. The first-order valence-corrected chi connectivity index (χ1v) is 7.40. The van der Waals surface area contributed by atoms with Gasteiger partial charge >= 0.3 is 0 Å². The molecule has 1 aromatic carbocycles. The van der Waals surface area contributed by atoms with Crippen LogP contribution in [-0.2, 0) is 4.79 Å². The average molecular weight is 275 g/mol. The van der Waals surface area contributed by atoms with E-state index in [-0.39, 0.29) is 11.9 Å². The molecule has 1 aliphatic heterocycles. The minimum atomic E-state index is -0.0555. The first kappa shape index (κ1) is 14.9. The van der Waals surface area contributed by atoms with Crippen LogP contribution in [0.1, 0.15) is 32.3 Å². The van der Waals surface area contributed by atoms with Crippen LogP contribution in [0.5, 0.6) is 0 Å². The molecule has 2 rings (SSSR count). The highest BCUT2D eigenvalue weighted by molar-refractivity contribution is 5.95. The molecule has 0 radical (unpaired) electrons. The molecular weight excluding hydrogens is 250 g/mol. The number of hydrogen-bond acceptors (Lipinski definition) is 3. The fraction of sp³-hybridized carbons (Fsp3) is 0.562. The van der Waals surface area contributed by atoms with E-state index in [9.17, 15) is 4.79 Å². The maximum Gasteiger partial charge on any atom is 0.241 e. The van der Waals surface area contributed by atoms with Gasteiger partial charge in [0.25, 0.3) is 0 Å². The molecule has 0 saturated carbocycles. The van der Waals surface area contributed by atoms with Crippen molar-refractivity contribution in [1.82, 2.24) is 4.90 Å². The molecule has 1 atom stereocenters. The van der Waals surface area contributed by atoms with Crippen molar-refractivity contribution in [3.05, 3.63) is 23.8 Å². The van der Waals surface area contributed by atoms with Crippen molar-refractivity contribution in [3.8, 4) is 0 Å². The Kier molecular flexibility index (Phi) is 4.65.